The molecule has 0 aliphatic rings. The third-order valence-corrected chi connectivity index (χ3v) is 4.88. The van der Waals surface area contributed by atoms with Gasteiger partial charge in [0.25, 0.3) is 0 Å². The first-order chi connectivity index (χ1) is 8.77. The highest BCUT2D eigenvalue weighted by atomic mass is 35.5. The molecule has 0 fully saturated rings. The van der Waals surface area contributed by atoms with Crippen LogP contribution in [-0.2, 0) is 10.0 Å². The van der Waals surface area contributed by atoms with E-state index >= 15 is 0 Å². The Hall–Kier alpha value is -0.530. The summed E-state index contributed by atoms with van der Waals surface area (Å²) in [7, 11) is -3.80. The minimum Gasteiger partial charge on any atom is -0.399 e. The third-order valence-electron chi connectivity index (χ3n) is 2.53. The van der Waals surface area contributed by atoms with E-state index in [9.17, 15) is 8.42 Å². The number of anilines is 1. The van der Waals surface area contributed by atoms with Crippen LogP contribution in [0.25, 0.3) is 0 Å². The minimum absolute atomic E-state index is 0.00566. The molecule has 0 heterocycles. The van der Waals surface area contributed by atoms with E-state index in [2.05, 4.69) is 4.72 Å². The molecular weight excluding hydrogens is 311 g/mol. The number of aliphatic hydroxyl groups excluding tert-OH is 1. The Kier molecular flexibility index (Phi) is 5.88. The number of nitrogen functional groups attached to an aromatic ring is 1. The summed E-state index contributed by atoms with van der Waals surface area (Å²) >= 11 is 11.7. The van der Waals surface area contributed by atoms with Crippen LogP contribution >= 0.6 is 23.2 Å². The number of nitrogens with one attached hydrogen (secondary N) is 1. The van der Waals surface area contributed by atoms with Gasteiger partial charge in [-0.2, -0.15) is 0 Å². The molecule has 5 nitrogen and oxygen atoms in total. The largest absolute Gasteiger partial charge is 0.399 e. The average molecular weight is 327 g/mol. The lowest BCUT2D eigenvalue weighted by Crippen LogP contribution is -2.29. The maximum atomic E-state index is 12.1. The van der Waals surface area contributed by atoms with E-state index in [1.54, 1.807) is 0 Å². The molecule has 4 N–H and O–H groups in total. The molecule has 1 aromatic carbocycles. The van der Waals surface area contributed by atoms with Crippen molar-refractivity contribution >= 4 is 38.9 Å². The summed E-state index contributed by atoms with van der Waals surface area (Å²) in [6.45, 7) is 2.02. The summed E-state index contributed by atoms with van der Waals surface area (Å²) in [5.41, 5.74) is 5.82. The van der Waals surface area contributed by atoms with Crippen molar-refractivity contribution in [2.75, 3.05) is 18.9 Å². The Morgan fingerprint density at radius 1 is 1.37 bits per heavy atom. The van der Waals surface area contributed by atoms with Crippen molar-refractivity contribution in [2.24, 2.45) is 5.92 Å². The molecule has 1 unspecified atom stereocenters. The summed E-state index contributed by atoms with van der Waals surface area (Å²) in [6.07, 6.45) is 0.506. The molecule has 1 atom stereocenters. The van der Waals surface area contributed by atoms with Gasteiger partial charge in [-0.15, -0.1) is 0 Å². The summed E-state index contributed by atoms with van der Waals surface area (Å²) in [5.74, 6) is 0.00566. The van der Waals surface area contributed by atoms with Crippen LogP contribution in [0.3, 0.4) is 0 Å². The van der Waals surface area contributed by atoms with E-state index in [0.29, 0.717) is 12.1 Å². The highest BCUT2D eigenvalue weighted by molar-refractivity contribution is 7.89. The average Bonchev–Trinajstić information content (AvgIpc) is 2.25. The highest BCUT2D eigenvalue weighted by Gasteiger charge is 2.22. The highest BCUT2D eigenvalue weighted by Crippen LogP contribution is 2.31. The molecule has 0 radical (unpaired) electrons. The van der Waals surface area contributed by atoms with Gasteiger partial charge in [-0.05, 0) is 24.5 Å². The van der Waals surface area contributed by atoms with Crippen LogP contribution in [0, 0.1) is 5.92 Å². The van der Waals surface area contributed by atoms with Crippen LogP contribution in [0.15, 0.2) is 17.0 Å². The van der Waals surface area contributed by atoms with Crippen molar-refractivity contribution in [2.45, 2.75) is 18.2 Å². The van der Waals surface area contributed by atoms with Crippen LogP contribution in [-0.4, -0.2) is 26.7 Å². The predicted molar refractivity (Wildman–Crippen MR) is 76.9 cm³/mol. The van der Waals surface area contributed by atoms with E-state index in [0.717, 1.165) is 0 Å². The fourth-order valence-electron chi connectivity index (χ4n) is 1.48. The molecule has 0 saturated carbocycles. The van der Waals surface area contributed by atoms with Gasteiger partial charge >= 0.3 is 0 Å². The van der Waals surface area contributed by atoms with Gasteiger partial charge in [0.1, 0.15) is 4.90 Å². The Labute approximate surface area is 122 Å². The molecule has 0 aromatic heterocycles. The van der Waals surface area contributed by atoms with Gasteiger partial charge in [0.2, 0.25) is 10.0 Å². The standard InChI is InChI=1S/C11H16Cl2N2O3S/c1-7(2-3-16)6-15-19(17,18)11-9(12)4-8(14)5-10(11)13/h4-5,7,15-16H,2-3,6,14H2,1H3. The van der Waals surface area contributed by atoms with Crippen LogP contribution < -0.4 is 10.5 Å². The van der Waals surface area contributed by atoms with Gasteiger partial charge in [-0.1, -0.05) is 30.1 Å². The van der Waals surface area contributed by atoms with E-state index in [-0.39, 0.29) is 34.0 Å². The molecule has 0 aliphatic carbocycles. The number of hydrogen-bond donors (Lipinski definition) is 3. The Morgan fingerprint density at radius 2 is 1.89 bits per heavy atom. The van der Waals surface area contributed by atoms with Gasteiger partial charge in [0.05, 0.1) is 10.0 Å². The number of sulfonamides is 1. The van der Waals surface area contributed by atoms with Crippen molar-refractivity contribution in [3.63, 3.8) is 0 Å². The number of benzene rings is 1. The number of halogens is 2. The van der Waals surface area contributed by atoms with Crippen molar-refractivity contribution in [3.8, 4) is 0 Å². The lowest BCUT2D eigenvalue weighted by Gasteiger charge is -2.14. The normalized spacial score (nSPS) is 13.5. The Balaban J connectivity index is 2.95. The van der Waals surface area contributed by atoms with E-state index < -0.39 is 10.0 Å². The number of rotatable bonds is 6. The zero-order valence-corrected chi connectivity index (χ0v) is 12.7. The summed E-state index contributed by atoms with van der Waals surface area (Å²) in [5, 5.41) is 8.73. The molecule has 108 valence electrons. The number of nitrogens with two attached hydrogens (primary N) is 1. The molecule has 0 aliphatic heterocycles. The Morgan fingerprint density at radius 3 is 2.37 bits per heavy atom. The first-order valence-corrected chi connectivity index (χ1v) is 7.87. The van der Waals surface area contributed by atoms with Crippen molar-refractivity contribution < 1.29 is 13.5 Å². The molecule has 0 spiro atoms. The summed E-state index contributed by atoms with van der Waals surface area (Å²) < 4.78 is 26.6. The molecule has 0 amide bonds. The maximum absolute atomic E-state index is 12.1. The fourth-order valence-corrected chi connectivity index (χ4v) is 3.88. The molecule has 0 saturated heterocycles. The molecule has 1 aromatic rings. The molecular formula is C11H16Cl2N2O3S. The molecule has 19 heavy (non-hydrogen) atoms. The topological polar surface area (TPSA) is 92.4 Å². The van der Waals surface area contributed by atoms with E-state index in [1.165, 1.54) is 12.1 Å². The first kappa shape index (κ1) is 16.5. The third kappa shape index (κ3) is 4.50. The van der Waals surface area contributed by atoms with Crippen molar-refractivity contribution in [1.29, 1.82) is 0 Å². The summed E-state index contributed by atoms with van der Waals surface area (Å²) in [6, 6.07) is 2.66. The van der Waals surface area contributed by atoms with Crippen molar-refractivity contribution in [3.05, 3.63) is 22.2 Å². The minimum atomic E-state index is -3.80. The zero-order valence-electron chi connectivity index (χ0n) is 10.4. The van der Waals surface area contributed by atoms with Gasteiger partial charge < -0.3 is 10.8 Å². The second-order valence-electron chi connectivity index (χ2n) is 4.28. The fraction of sp³-hybridized carbons (Fsp3) is 0.455. The van der Waals surface area contributed by atoms with Crippen LogP contribution in [0.2, 0.25) is 10.0 Å². The van der Waals surface area contributed by atoms with Gasteiger partial charge in [-0.25, -0.2) is 13.1 Å². The van der Waals surface area contributed by atoms with Crippen molar-refractivity contribution in [1.82, 2.24) is 4.72 Å². The second kappa shape index (κ2) is 6.76. The van der Waals surface area contributed by atoms with Gasteiger partial charge in [0, 0.05) is 18.8 Å². The van der Waals surface area contributed by atoms with E-state index in [1.807, 2.05) is 6.92 Å². The van der Waals surface area contributed by atoms with Crippen LogP contribution in [0.1, 0.15) is 13.3 Å². The van der Waals surface area contributed by atoms with E-state index in [4.69, 9.17) is 34.0 Å². The lowest BCUT2D eigenvalue weighted by atomic mass is 10.1. The maximum Gasteiger partial charge on any atom is 0.243 e. The second-order valence-corrected chi connectivity index (χ2v) is 6.80. The Bertz CT molecular complexity index is 526. The SMILES string of the molecule is CC(CCO)CNS(=O)(=O)c1c(Cl)cc(N)cc1Cl. The number of hydrogen-bond acceptors (Lipinski definition) is 4. The first-order valence-electron chi connectivity index (χ1n) is 5.63. The monoisotopic (exact) mass is 326 g/mol. The summed E-state index contributed by atoms with van der Waals surface area (Å²) in [4.78, 5) is -0.179. The zero-order chi connectivity index (χ0) is 14.6. The lowest BCUT2D eigenvalue weighted by molar-refractivity contribution is 0.263. The molecule has 1 rings (SSSR count). The van der Waals surface area contributed by atoms with Gasteiger partial charge in [0.15, 0.2) is 0 Å². The quantitative estimate of drug-likeness (QED) is 0.696. The van der Waals surface area contributed by atoms with Crippen LogP contribution in [0.5, 0.6) is 0 Å². The smallest absolute Gasteiger partial charge is 0.243 e. The predicted octanol–water partition coefficient (Wildman–Crippen LogP) is 1.87. The molecule has 8 heteroatoms. The van der Waals surface area contributed by atoms with Gasteiger partial charge in [-0.3, -0.25) is 0 Å². The van der Waals surface area contributed by atoms with Crippen LogP contribution in [0.4, 0.5) is 5.69 Å². The molecule has 0 bridgehead atoms. The number of aliphatic hydroxyl groups is 1.